The van der Waals surface area contributed by atoms with Crippen LogP contribution in [0.1, 0.15) is 48.8 Å². The zero-order valence-corrected chi connectivity index (χ0v) is 11.0. The van der Waals surface area contributed by atoms with Crippen molar-refractivity contribution in [3.8, 4) is 0 Å². The summed E-state index contributed by atoms with van der Waals surface area (Å²) < 4.78 is 76.7. The molecule has 21 heavy (non-hydrogen) atoms. The van der Waals surface area contributed by atoms with Gasteiger partial charge in [0.1, 0.15) is 0 Å². The van der Waals surface area contributed by atoms with Crippen LogP contribution in [0.3, 0.4) is 0 Å². The lowest BCUT2D eigenvalue weighted by molar-refractivity contribution is -0.143. The molecule has 1 saturated carbocycles. The third-order valence-electron chi connectivity index (χ3n) is 3.81. The predicted octanol–water partition coefficient (Wildman–Crippen LogP) is 4.88. The number of alkyl halides is 6. The van der Waals surface area contributed by atoms with Crippen LogP contribution in [0.2, 0.25) is 0 Å². The summed E-state index contributed by atoms with van der Waals surface area (Å²) in [6.45, 7) is 0. The topological polar surface area (TPSA) is 20.2 Å². The highest BCUT2D eigenvalue weighted by Gasteiger charge is 2.40. The van der Waals surface area contributed by atoms with Crippen LogP contribution in [-0.2, 0) is 18.0 Å². The van der Waals surface area contributed by atoms with Crippen LogP contribution in [-0.4, -0.2) is 5.11 Å². The molecule has 1 aromatic carbocycles. The van der Waals surface area contributed by atoms with E-state index in [1.807, 2.05) is 0 Å². The molecule has 0 atom stereocenters. The minimum atomic E-state index is -4.89. The molecule has 0 bridgehead atoms. The first kappa shape index (κ1) is 16.1. The molecule has 0 aromatic heterocycles. The Morgan fingerprint density at radius 2 is 1.19 bits per heavy atom. The van der Waals surface area contributed by atoms with Crippen molar-refractivity contribution in [3.63, 3.8) is 0 Å². The Morgan fingerprint density at radius 3 is 1.57 bits per heavy atom. The molecule has 0 radical (unpaired) electrons. The normalized spacial score (nSPS) is 19.6. The van der Waals surface area contributed by atoms with E-state index in [0.717, 1.165) is 6.42 Å². The Kier molecular flexibility index (Phi) is 3.99. The van der Waals surface area contributed by atoms with E-state index in [-0.39, 0.29) is 24.5 Å². The third kappa shape index (κ3) is 3.51. The van der Waals surface area contributed by atoms with Crippen LogP contribution < -0.4 is 0 Å². The number of benzene rings is 1. The zero-order chi connectivity index (χ0) is 15.9. The fraction of sp³-hybridized carbons (Fsp3) is 0.571. The first-order chi connectivity index (χ1) is 9.52. The molecule has 1 aliphatic rings. The summed E-state index contributed by atoms with van der Waals surface area (Å²) in [5.74, 6) is 0. The maximum Gasteiger partial charge on any atom is 0.416 e. The van der Waals surface area contributed by atoms with E-state index >= 15 is 0 Å². The number of rotatable bonds is 1. The second kappa shape index (κ2) is 5.19. The third-order valence-corrected chi connectivity index (χ3v) is 3.81. The minimum Gasteiger partial charge on any atom is -0.385 e. The van der Waals surface area contributed by atoms with Gasteiger partial charge in [-0.2, -0.15) is 26.3 Å². The second-order valence-corrected chi connectivity index (χ2v) is 5.39. The molecule has 0 saturated heterocycles. The fourth-order valence-corrected chi connectivity index (χ4v) is 2.65. The molecule has 0 unspecified atom stereocenters. The van der Waals surface area contributed by atoms with Crippen molar-refractivity contribution in [2.75, 3.05) is 0 Å². The van der Waals surface area contributed by atoms with E-state index < -0.39 is 29.1 Å². The first-order valence-electron chi connectivity index (χ1n) is 6.55. The van der Waals surface area contributed by atoms with Gasteiger partial charge < -0.3 is 5.11 Å². The molecular weight excluding hydrogens is 298 g/mol. The first-order valence-corrected chi connectivity index (χ1v) is 6.55. The van der Waals surface area contributed by atoms with Gasteiger partial charge in [0, 0.05) is 0 Å². The van der Waals surface area contributed by atoms with Crippen molar-refractivity contribution in [1.82, 2.24) is 0 Å². The summed E-state index contributed by atoms with van der Waals surface area (Å²) in [7, 11) is 0. The number of hydrogen-bond donors (Lipinski definition) is 1. The molecule has 1 N–H and O–H groups in total. The second-order valence-electron chi connectivity index (χ2n) is 5.39. The molecular formula is C14H14F6O. The largest absolute Gasteiger partial charge is 0.416 e. The Labute approximate surface area is 117 Å². The Hall–Kier alpha value is -1.24. The molecule has 0 amide bonds. The van der Waals surface area contributed by atoms with Crippen LogP contribution in [0.4, 0.5) is 26.3 Å². The van der Waals surface area contributed by atoms with Crippen molar-refractivity contribution < 1.29 is 31.4 Å². The molecule has 1 nitrogen and oxygen atoms in total. The van der Waals surface area contributed by atoms with E-state index in [0.29, 0.717) is 25.0 Å². The van der Waals surface area contributed by atoms with Crippen molar-refractivity contribution >= 4 is 0 Å². The Balaban J connectivity index is 2.55. The van der Waals surface area contributed by atoms with Crippen molar-refractivity contribution in [2.45, 2.75) is 50.1 Å². The van der Waals surface area contributed by atoms with Crippen LogP contribution in [0, 0.1) is 0 Å². The van der Waals surface area contributed by atoms with Crippen LogP contribution >= 0.6 is 0 Å². The lowest BCUT2D eigenvalue weighted by Gasteiger charge is -2.33. The van der Waals surface area contributed by atoms with Gasteiger partial charge in [0.2, 0.25) is 0 Å². The van der Waals surface area contributed by atoms with Gasteiger partial charge in [-0.25, -0.2) is 0 Å². The van der Waals surface area contributed by atoms with Gasteiger partial charge in [-0.05, 0) is 36.6 Å². The number of hydrogen-bond acceptors (Lipinski definition) is 1. The van der Waals surface area contributed by atoms with Gasteiger partial charge in [-0.1, -0.05) is 19.3 Å². The van der Waals surface area contributed by atoms with Crippen LogP contribution in [0.25, 0.3) is 0 Å². The van der Waals surface area contributed by atoms with E-state index in [1.165, 1.54) is 0 Å². The number of aliphatic hydroxyl groups is 1. The highest BCUT2D eigenvalue weighted by Crippen LogP contribution is 2.42. The predicted molar refractivity (Wildman–Crippen MR) is 63.4 cm³/mol. The maximum atomic E-state index is 12.8. The monoisotopic (exact) mass is 312 g/mol. The van der Waals surface area contributed by atoms with Crippen molar-refractivity contribution in [2.24, 2.45) is 0 Å². The molecule has 1 aliphatic carbocycles. The molecule has 118 valence electrons. The maximum absolute atomic E-state index is 12.8. The minimum absolute atomic E-state index is 0.0791. The molecule has 7 heteroatoms. The molecule has 0 heterocycles. The summed E-state index contributed by atoms with van der Waals surface area (Å²) in [6.07, 6.45) is -7.46. The average Bonchev–Trinajstić information content (AvgIpc) is 2.37. The van der Waals surface area contributed by atoms with Gasteiger partial charge in [0.05, 0.1) is 16.7 Å². The summed E-state index contributed by atoms with van der Waals surface area (Å²) in [5.41, 5.74) is -4.68. The molecule has 2 rings (SSSR count). The van der Waals surface area contributed by atoms with Crippen molar-refractivity contribution in [1.29, 1.82) is 0 Å². The smallest absolute Gasteiger partial charge is 0.385 e. The molecule has 0 aliphatic heterocycles. The van der Waals surface area contributed by atoms with Crippen molar-refractivity contribution in [3.05, 3.63) is 34.9 Å². The zero-order valence-electron chi connectivity index (χ0n) is 11.0. The van der Waals surface area contributed by atoms with E-state index in [9.17, 15) is 31.4 Å². The van der Waals surface area contributed by atoms with Crippen LogP contribution in [0.15, 0.2) is 18.2 Å². The van der Waals surface area contributed by atoms with Gasteiger partial charge in [-0.15, -0.1) is 0 Å². The molecule has 1 aromatic rings. The van der Waals surface area contributed by atoms with E-state index in [2.05, 4.69) is 0 Å². The Bertz CT molecular complexity index is 479. The summed E-state index contributed by atoms with van der Waals surface area (Å²) in [4.78, 5) is 0. The quantitative estimate of drug-likeness (QED) is 0.733. The summed E-state index contributed by atoms with van der Waals surface area (Å²) in [6, 6.07) is 1.33. The van der Waals surface area contributed by atoms with Gasteiger partial charge in [0.25, 0.3) is 0 Å². The lowest BCUT2D eigenvalue weighted by atomic mass is 9.78. The number of halogens is 6. The fourth-order valence-electron chi connectivity index (χ4n) is 2.65. The molecule has 0 spiro atoms. The average molecular weight is 312 g/mol. The highest BCUT2D eigenvalue weighted by molar-refractivity contribution is 5.36. The standard InChI is InChI=1S/C14H14F6O/c15-13(16,17)10-6-9(7-11(8-10)14(18,19)20)12(21)4-2-1-3-5-12/h6-8,21H,1-5H2. The Morgan fingerprint density at radius 1 is 0.762 bits per heavy atom. The van der Waals surface area contributed by atoms with Gasteiger partial charge in [0.15, 0.2) is 0 Å². The lowest BCUT2D eigenvalue weighted by Crippen LogP contribution is -2.29. The SMILES string of the molecule is OC1(c2cc(C(F)(F)F)cc(C(F)(F)F)c2)CCCCC1. The summed E-state index contributed by atoms with van der Waals surface area (Å²) in [5, 5.41) is 10.4. The van der Waals surface area contributed by atoms with Crippen LogP contribution in [0.5, 0.6) is 0 Å². The van der Waals surface area contributed by atoms with Gasteiger partial charge in [-0.3, -0.25) is 0 Å². The highest BCUT2D eigenvalue weighted by atomic mass is 19.4. The van der Waals surface area contributed by atoms with E-state index in [1.54, 1.807) is 0 Å². The van der Waals surface area contributed by atoms with Gasteiger partial charge >= 0.3 is 12.4 Å². The molecule has 1 fully saturated rings. The van der Waals surface area contributed by atoms with E-state index in [4.69, 9.17) is 0 Å². The summed E-state index contributed by atoms with van der Waals surface area (Å²) >= 11 is 0.